The highest BCUT2D eigenvalue weighted by Crippen LogP contribution is 2.35. The van der Waals surface area contributed by atoms with Gasteiger partial charge in [-0.2, -0.15) is 0 Å². The summed E-state index contributed by atoms with van der Waals surface area (Å²) >= 11 is 13.1. The van der Waals surface area contributed by atoms with Crippen LogP contribution in [0.2, 0.25) is 5.02 Å². The van der Waals surface area contributed by atoms with Crippen molar-refractivity contribution >= 4 is 49.1 Å². The molecule has 0 unspecified atom stereocenters. The minimum atomic E-state index is 0.638. The molecule has 0 radical (unpaired) electrons. The minimum absolute atomic E-state index is 0.638. The monoisotopic (exact) mass is 431 g/mol. The summed E-state index contributed by atoms with van der Waals surface area (Å²) in [7, 11) is 0. The summed E-state index contributed by atoms with van der Waals surface area (Å²) in [6.45, 7) is 5.38. The van der Waals surface area contributed by atoms with E-state index in [-0.39, 0.29) is 0 Å². The highest BCUT2D eigenvalue weighted by Gasteiger charge is 2.09. The predicted molar refractivity (Wildman–Crippen MR) is 96.5 cm³/mol. The third-order valence-electron chi connectivity index (χ3n) is 3.02. The predicted octanol–water partition coefficient (Wildman–Crippen LogP) is 6.18. The Bertz CT molecular complexity index is 623. The lowest BCUT2D eigenvalue weighted by atomic mass is 10.1. The molecule has 0 saturated heterocycles. The number of nitrogens with one attached hydrogen (secondary N) is 1. The molecule has 2 nitrogen and oxygen atoms in total. The van der Waals surface area contributed by atoms with Crippen molar-refractivity contribution in [1.82, 2.24) is 0 Å². The Morgan fingerprint density at radius 3 is 2.38 bits per heavy atom. The van der Waals surface area contributed by atoms with Crippen LogP contribution in [0.3, 0.4) is 0 Å². The molecule has 0 spiro atoms. The molecular formula is C16H16Br2ClNO. The fourth-order valence-electron chi connectivity index (χ4n) is 2.02. The van der Waals surface area contributed by atoms with Crippen LogP contribution in [0.25, 0.3) is 0 Å². The van der Waals surface area contributed by atoms with Crippen LogP contribution in [0.5, 0.6) is 5.75 Å². The van der Waals surface area contributed by atoms with E-state index in [1.807, 2.05) is 32.0 Å². The number of ether oxygens (including phenoxy) is 1. The smallest absolute Gasteiger partial charge is 0.147 e. The van der Waals surface area contributed by atoms with Gasteiger partial charge in [-0.1, -0.05) is 11.6 Å². The summed E-state index contributed by atoms with van der Waals surface area (Å²) < 4.78 is 7.48. The van der Waals surface area contributed by atoms with Crippen molar-refractivity contribution in [3.05, 3.63) is 55.4 Å². The van der Waals surface area contributed by atoms with Gasteiger partial charge >= 0.3 is 0 Å². The molecule has 2 aromatic rings. The van der Waals surface area contributed by atoms with E-state index in [9.17, 15) is 0 Å². The van der Waals surface area contributed by atoms with Crippen molar-refractivity contribution < 1.29 is 4.74 Å². The van der Waals surface area contributed by atoms with Gasteiger partial charge in [-0.15, -0.1) is 0 Å². The van der Waals surface area contributed by atoms with Crippen molar-refractivity contribution in [1.29, 1.82) is 0 Å². The fourth-order valence-corrected chi connectivity index (χ4v) is 3.76. The molecule has 0 aromatic heterocycles. The van der Waals surface area contributed by atoms with Crippen LogP contribution in [-0.4, -0.2) is 6.61 Å². The van der Waals surface area contributed by atoms with E-state index in [0.29, 0.717) is 6.61 Å². The Kier molecular flexibility index (Phi) is 5.97. The quantitative estimate of drug-likeness (QED) is 0.608. The summed E-state index contributed by atoms with van der Waals surface area (Å²) in [5.41, 5.74) is 3.37. The van der Waals surface area contributed by atoms with Crippen LogP contribution in [0, 0.1) is 6.92 Å². The standard InChI is InChI=1S/C16H16Br2ClNO/c1-3-21-16-13(17)7-11(8-14(16)18)9-20-15-5-4-12(19)6-10(15)2/h4-8,20H,3,9H2,1-2H3. The molecule has 0 aliphatic rings. The number of halogens is 3. The van der Waals surface area contributed by atoms with E-state index in [4.69, 9.17) is 16.3 Å². The number of anilines is 1. The average Bonchev–Trinajstić information content (AvgIpc) is 2.42. The molecule has 0 heterocycles. The van der Waals surface area contributed by atoms with Crippen LogP contribution >= 0.6 is 43.5 Å². The van der Waals surface area contributed by atoms with Crippen molar-refractivity contribution in [2.24, 2.45) is 0 Å². The molecule has 0 fully saturated rings. The summed E-state index contributed by atoms with van der Waals surface area (Å²) in [5.74, 6) is 0.837. The number of aryl methyl sites for hydroxylation is 1. The molecule has 1 N–H and O–H groups in total. The summed E-state index contributed by atoms with van der Waals surface area (Å²) in [6, 6.07) is 9.97. The van der Waals surface area contributed by atoms with Gasteiger partial charge in [0.2, 0.25) is 0 Å². The first-order valence-corrected chi connectivity index (χ1v) is 8.58. The normalized spacial score (nSPS) is 10.5. The molecule has 0 aliphatic heterocycles. The minimum Gasteiger partial charge on any atom is -0.492 e. The summed E-state index contributed by atoms with van der Waals surface area (Å²) in [5, 5.41) is 4.18. The average molecular weight is 434 g/mol. The maximum Gasteiger partial charge on any atom is 0.147 e. The van der Waals surface area contributed by atoms with E-state index in [1.165, 1.54) is 0 Å². The fraction of sp³-hybridized carbons (Fsp3) is 0.250. The highest BCUT2D eigenvalue weighted by atomic mass is 79.9. The van der Waals surface area contributed by atoms with Gasteiger partial charge in [-0.3, -0.25) is 0 Å². The molecule has 2 rings (SSSR count). The lowest BCUT2D eigenvalue weighted by Gasteiger charge is -2.13. The molecule has 2 aromatic carbocycles. The zero-order valence-electron chi connectivity index (χ0n) is 11.8. The van der Waals surface area contributed by atoms with Gasteiger partial charge in [0, 0.05) is 17.3 Å². The van der Waals surface area contributed by atoms with Gasteiger partial charge in [-0.25, -0.2) is 0 Å². The second-order valence-corrected chi connectivity index (χ2v) is 6.78. The molecular weight excluding hydrogens is 417 g/mol. The topological polar surface area (TPSA) is 21.3 Å². The van der Waals surface area contributed by atoms with E-state index < -0.39 is 0 Å². The molecule has 0 amide bonds. The Morgan fingerprint density at radius 2 is 1.81 bits per heavy atom. The Hall–Kier alpha value is -0.710. The van der Waals surface area contributed by atoms with Gasteiger partial charge in [-0.05, 0) is 87.2 Å². The maximum absolute atomic E-state index is 5.97. The zero-order valence-corrected chi connectivity index (χ0v) is 15.8. The second-order valence-electron chi connectivity index (χ2n) is 4.63. The van der Waals surface area contributed by atoms with Crippen molar-refractivity contribution in [2.75, 3.05) is 11.9 Å². The molecule has 21 heavy (non-hydrogen) atoms. The Balaban J connectivity index is 2.13. The zero-order chi connectivity index (χ0) is 15.4. The van der Waals surface area contributed by atoms with Gasteiger partial charge in [0.15, 0.2) is 0 Å². The molecule has 0 bridgehead atoms. The van der Waals surface area contributed by atoms with Crippen LogP contribution < -0.4 is 10.1 Å². The van der Waals surface area contributed by atoms with Crippen LogP contribution in [0.4, 0.5) is 5.69 Å². The SMILES string of the molecule is CCOc1c(Br)cc(CNc2ccc(Cl)cc2C)cc1Br. The van der Waals surface area contributed by atoms with Crippen LogP contribution in [-0.2, 0) is 6.54 Å². The summed E-state index contributed by atoms with van der Waals surface area (Å²) in [4.78, 5) is 0. The van der Waals surface area contributed by atoms with Crippen LogP contribution in [0.1, 0.15) is 18.1 Å². The Morgan fingerprint density at radius 1 is 1.14 bits per heavy atom. The largest absolute Gasteiger partial charge is 0.492 e. The number of hydrogen-bond acceptors (Lipinski definition) is 2. The molecule has 0 saturated carbocycles. The number of hydrogen-bond donors (Lipinski definition) is 1. The first-order valence-electron chi connectivity index (χ1n) is 6.62. The lowest BCUT2D eigenvalue weighted by molar-refractivity contribution is 0.336. The van der Waals surface area contributed by atoms with Crippen molar-refractivity contribution in [3.63, 3.8) is 0 Å². The molecule has 0 atom stereocenters. The van der Waals surface area contributed by atoms with E-state index in [2.05, 4.69) is 49.3 Å². The summed E-state index contributed by atoms with van der Waals surface area (Å²) in [6.07, 6.45) is 0. The third-order valence-corrected chi connectivity index (χ3v) is 4.43. The Labute approximate surface area is 147 Å². The van der Waals surface area contributed by atoms with E-state index >= 15 is 0 Å². The van der Waals surface area contributed by atoms with Crippen LogP contribution in [0.15, 0.2) is 39.3 Å². The highest BCUT2D eigenvalue weighted by molar-refractivity contribution is 9.11. The van der Waals surface area contributed by atoms with Crippen molar-refractivity contribution in [3.8, 4) is 5.75 Å². The molecule has 5 heteroatoms. The number of benzene rings is 2. The first kappa shape index (κ1) is 16.7. The first-order chi connectivity index (χ1) is 10.0. The number of rotatable bonds is 5. The van der Waals surface area contributed by atoms with E-state index in [1.54, 1.807) is 0 Å². The molecule has 0 aliphatic carbocycles. The second kappa shape index (κ2) is 7.52. The van der Waals surface area contributed by atoms with Gasteiger partial charge in [0.1, 0.15) is 5.75 Å². The lowest BCUT2D eigenvalue weighted by Crippen LogP contribution is -2.02. The van der Waals surface area contributed by atoms with Gasteiger partial charge in [0.25, 0.3) is 0 Å². The van der Waals surface area contributed by atoms with E-state index in [0.717, 1.165) is 43.1 Å². The van der Waals surface area contributed by atoms with Gasteiger partial charge < -0.3 is 10.1 Å². The van der Waals surface area contributed by atoms with Gasteiger partial charge in [0.05, 0.1) is 15.6 Å². The maximum atomic E-state index is 5.97. The third kappa shape index (κ3) is 4.38. The van der Waals surface area contributed by atoms with Crippen molar-refractivity contribution in [2.45, 2.75) is 20.4 Å². The molecule has 112 valence electrons.